The monoisotopic (exact) mass is 279 g/mol. The van der Waals surface area contributed by atoms with Crippen LogP contribution in [0.1, 0.15) is 18.9 Å². The van der Waals surface area contributed by atoms with E-state index in [-0.39, 0.29) is 16.3 Å². The summed E-state index contributed by atoms with van der Waals surface area (Å²) in [5.74, 6) is 0.0817. The highest BCUT2D eigenvalue weighted by Gasteiger charge is 2.31. The molecule has 4 nitrogen and oxygen atoms in total. The van der Waals surface area contributed by atoms with Crippen LogP contribution in [0.25, 0.3) is 0 Å². The average Bonchev–Trinajstić information content (AvgIpc) is 2.71. The first kappa shape index (κ1) is 14.1. The van der Waals surface area contributed by atoms with Crippen LogP contribution in [0.2, 0.25) is 0 Å². The number of carbonyl (C=O) groups excluding carboxylic acids is 2. The molecule has 1 heterocycles. The number of benzene rings is 1. The third-order valence-electron chi connectivity index (χ3n) is 2.98. The van der Waals surface area contributed by atoms with Crippen molar-refractivity contribution in [3.8, 4) is 0 Å². The van der Waals surface area contributed by atoms with Crippen LogP contribution in [-0.4, -0.2) is 29.9 Å². The van der Waals surface area contributed by atoms with E-state index >= 15 is 0 Å². The molecule has 1 aromatic rings. The Morgan fingerprint density at radius 1 is 1.42 bits per heavy atom. The molecule has 2 rings (SSSR count). The Hall–Kier alpha value is -1.33. The van der Waals surface area contributed by atoms with E-state index < -0.39 is 0 Å². The molecule has 0 radical (unpaired) electrons. The molecule has 0 spiro atoms. The molecule has 1 aliphatic rings. The van der Waals surface area contributed by atoms with Crippen molar-refractivity contribution in [1.29, 1.82) is 0 Å². The van der Waals surface area contributed by atoms with Gasteiger partial charge >= 0.3 is 0 Å². The minimum absolute atomic E-state index is 0.0649. The molecule has 1 aromatic carbocycles. The van der Waals surface area contributed by atoms with E-state index in [9.17, 15) is 9.59 Å². The number of amides is 1. The second-order valence-corrected chi connectivity index (χ2v) is 6.02. The second-order valence-electron chi connectivity index (χ2n) is 4.54. The van der Waals surface area contributed by atoms with Crippen molar-refractivity contribution in [3.63, 3.8) is 0 Å². The maximum absolute atomic E-state index is 12.0. The van der Waals surface area contributed by atoms with Crippen molar-refractivity contribution in [3.05, 3.63) is 29.8 Å². The van der Waals surface area contributed by atoms with E-state index in [1.165, 1.54) is 18.7 Å². The van der Waals surface area contributed by atoms with Crippen molar-refractivity contribution in [2.75, 3.05) is 18.6 Å². The lowest BCUT2D eigenvalue weighted by Crippen LogP contribution is -2.24. The topological polar surface area (TPSA) is 46.6 Å². The minimum Gasteiger partial charge on any atom is -0.380 e. The summed E-state index contributed by atoms with van der Waals surface area (Å²) >= 11 is 1.25. The predicted molar refractivity (Wildman–Crippen MR) is 76.2 cm³/mol. The number of thioether (sulfide) groups is 1. The molecule has 0 saturated carbocycles. The summed E-state index contributed by atoms with van der Waals surface area (Å²) in [5, 5.41) is 0.138. The minimum atomic E-state index is 0.0649. The highest BCUT2D eigenvalue weighted by Crippen LogP contribution is 2.28. The molecule has 1 fully saturated rings. The smallest absolute Gasteiger partial charge is 0.228 e. The maximum Gasteiger partial charge on any atom is 0.228 e. The molecule has 0 aromatic heterocycles. The number of ether oxygens (including phenoxy) is 1. The summed E-state index contributed by atoms with van der Waals surface area (Å²) < 4.78 is 5.05. The summed E-state index contributed by atoms with van der Waals surface area (Å²) in [6.45, 7) is 2.71. The van der Waals surface area contributed by atoms with Crippen LogP contribution in [0, 0.1) is 0 Å². The number of methoxy groups -OCH3 is 1. The fraction of sp³-hybridized carbons (Fsp3) is 0.429. The Labute approximate surface area is 117 Å². The number of rotatable bonds is 4. The van der Waals surface area contributed by atoms with Gasteiger partial charge in [0.2, 0.25) is 5.91 Å². The van der Waals surface area contributed by atoms with Crippen LogP contribution in [0.15, 0.2) is 24.3 Å². The van der Waals surface area contributed by atoms with Crippen LogP contribution in [0.3, 0.4) is 0 Å². The van der Waals surface area contributed by atoms with Gasteiger partial charge in [-0.15, -0.1) is 0 Å². The van der Waals surface area contributed by atoms with E-state index in [1.54, 1.807) is 12.0 Å². The Bertz CT molecular complexity index is 472. The standard InChI is InChI=1S/C14H17NO3S/c1-10(16)19-13-7-14(17)15(8-13)12-5-3-11(4-6-12)9-18-2/h3-6,13H,7-9H2,1-2H3. The van der Waals surface area contributed by atoms with Crippen LogP contribution < -0.4 is 4.90 Å². The molecule has 19 heavy (non-hydrogen) atoms. The molecule has 0 bridgehead atoms. The number of carbonyl (C=O) groups is 2. The zero-order valence-corrected chi connectivity index (χ0v) is 11.9. The molecule has 1 atom stereocenters. The van der Waals surface area contributed by atoms with Gasteiger partial charge in [0.05, 0.1) is 6.61 Å². The molecule has 1 saturated heterocycles. The Morgan fingerprint density at radius 2 is 2.11 bits per heavy atom. The van der Waals surface area contributed by atoms with Gasteiger partial charge in [-0.1, -0.05) is 23.9 Å². The van der Waals surface area contributed by atoms with Crippen molar-refractivity contribution < 1.29 is 14.3 Å². The van der Waals surface area contributed by atoms with Gasteiger partial charge in [0.15, 0.2) is 5.12 Å². The molecule has 0 aliphatic carbocycles. The SMILES string of the molecule is COCc1ccc(N2CC(SC(C)=O)CC2=O)cc1. The normalized spacial score (nSPS) is 18.9. The van der Waals surface area contributed by atoms with E-state index in [2.05, 4.69) is 0 Å². The predicted octanol–water partition coefficient (Wildman–Crippen LogP) is 2.22. The van der Waals surface area contributed by atoms with Crippen LogP contribution in [0.5, 0.6) is 0 Å². The summed E-state index contributed by atoms with van der Waals surface area (Å²) in [6, 6.07) is 7.76. The van der Waals surface area contributed by atoms with Gasteiger partial charge in [-0.2, -0.15) is 0 Å². The fourth-order valence-corrected chi connectivity index (χ4v) is 3.10. The lowest BCUT2D eigenvalue weighted by atomic mass is 10.2. The summed E-state index contributed by atoms with van der Waals surface area (Å²) in [4.78, 5) is 24.8. The highest BCUT2D eigenvalue weighted by molar-refractivity contribution is 8.14. The fourth-order valence-electron chi connectivity index (χ4n) is 2.18. The van der Waals surface area contributed by atoms with Gasteiger partial charge in [0.1, 0.15) is 0 Å². The molecule has 1 aliphatic heterocycles. The number of hydrogen-bond donors (Lipinski definition) is 0. The molecular formula is C14H17NO3S. The molecular weight excluding hydrogens is 262 g/mol. The van der Waals surface area contributed by atoms with Crippen LogP contribution >= 0.6 is 11.8 Å². The van der Waals surface area contributed by atoms with Crippen molar-refractivity contribution >= 4 is 28.5 Å². The molecule has 1 unspecified atom stereocenters. The maximum atomic E-state index is 12.0. The Kier molecular flexibility index (Phi) is 4.61. The third kappa shape index (κ3) is 3.58. The Balaban J connectivity index is 2.05. The zero-order chi connectivity index (χ0) is 13.8. The lowest BCUT2D eigenvalue weighted by Gasteiger charge is -2.16. The van der Waals surface area contributed by atoms with Gasteiger partial charge in [0.25, 0.3) is 0 Å². The Morgan fingerprint density at radius 3 is 2.68 bits per heavy atom. The third-order valence-corrected chi connectivity index (χ3v) is 3.96. The highest BCUT2D eigenvalue weighted by atomic mass is 32.2. The van der Waals surface area contributed by atoms with Gasteiger partial charge in [-0.3, -0.25) is 9.59 Å². The summed E-state index contributed by atoms with van der Waals surface area (Å²) in [7, 11) is 1.65. The van der Waals surface area contributed by atoms with E-state index in [0.29, 0.717) is 19.6 Å². The van der Waals surface area contributed by atoms with Crippen molar-refractivity contribution in [2.24, 2.45) is 0 Å². The molecule has 0 N–H and O–H groups in total. The first-order valence-corrected chi connectivity index (χ1v) is 7.03. The quantitative estimate of drug-likeness (QED) is 0.848. The van der Waals surface area contributed by atoms with Gasteiger partial charge in [-0.05, 0) is 17.7 Å². The van der Waals surface area contributed by atoms with Crippen LogP contribution in [0.4, 0.5) is 5.69 Å². The number of hydrogen-bond acceptors (Lipinski definition) is 4. The van der Waals surface area contributed by atoms with E-state index in [0.717, 1.165) is 11.3 Å². The number of nitrogens with zero attached hydrogens (tertiary/aromatic N) is 1. The molecule has 102 valence electrons. The lowest BCUT2D eigenvalue weighted by molar-refractivity contribution is -0.117. The van der Waals surface area contributed by atoms with E-state index in [4.69, 9.17) is 4.74 Å². The summed E-state index contributed by atoms with van der Waals surface area (Å²) in [6.07, 6.45) is 0.435. The second kappa shape index (κ2) is 6.21. The van der Waals surface area contributed by atoms with Crippen LogP contribution in [-0.2, 0) is 20.9 Å². The largest absolute Gasteiger partial charge is 0.380 e. The average molecular weight is 279 g/mol. The van der Waals surface area contributed by atoms with Gasteiger partial charge in [-0.25, -0.2) is 0 Å². The first-order chi connectivity index (χ1) is 9.10. The van der Waals surface area contributed by atoms with Gasteiger partial charge in [0, 0.05) is 37.9 Å². The molecule has 1 amide bonds. The first-order valence-electron chi connectivity index (χ1n) is 6.15. The molecule has 5 heteroatoms. The number of anilines is 1. The van der Waals surface area contributed by atoms with E-state index in [1.807, 2.05) is 24.3 Å². The van der Waals surface area contributed by atoms with Crippen molar-refractivity contribution in [2.45, 2.75) is 25.2 Å². The zero-order valence-electron chi connectivity index (χ0n) is 11.1. The summed E-state index contributed by atoms with van der Waals surface area (Å²) in [5.41, 5.74) is 1.96. The van der Waals surface area contributed by atoms with Crippen molar-refractivity contribution in [1.82, 2.24) is 0 Å². The van der Waals surface area contributed by atoms with Gasteiger partial charge < -0.3 is 9.64 Å².